The number of nitrogens with one attached hydrogen (secondary N) is 3. The molecule has 0 unspecified atom stereocenters. The van der Waals surface area contributed by atoms with Crippen molar-refractivity contribution in [3.05, 3.63) is 36.9 Å². The molecule has 0 bridgehead atoms. The molecule has 7 heteroatoms. The van der Waals surface area contributed by atoms with Gasteiger partial charge in [0, 0.05) is 30.2 Å². The lowest BCUT2D eigenvalue weighted by molar-refractivity contribution is 0.276. The Labute approximate surface area is 139 Å². The largest absolute Gasteiger partial charge is 0.492 e. The zero-order valence-electron chi connectivity index (χ0n) is 13.3. The molecule has 0 spiro atoms. The molecule has 24 heavy (non-hydrogen) atoms. The van der Waals surface area contributed by atoms with Crippen molar-refractivity contribution in [2.45, 2.75) is 25.3 Å². The molecule has 2 aromatic heterocycles. The van der Waals surface area contributed by atoms with Crippen molar-refractivity contribution in [1.82, 2.24) is 25.5 Å². The fourth-order valence-corrected chi connectivity index (χ4v) is 2.73. The van der Waals surface area contributed by atoms with Gasteiger partial charge in [0.15, 0.2) is 0 Å². The van der Waals surface area contributed by atoms with Crippen LogP contribution in [0.3, 0.4) is 0 Å². The first-order chi connectivity index (χ1) is 11.9. The number of nitrogens with zero attached hydrogens (tertiary/aromatic N) is 3. The van der Waals surface area contributed by atoms with E-state index >= 15 is 0 Å². The summed E-state index contributed by atoms with van der Waals surface area (Å²) >= 11 is 0. The zero-order valence-corrected chi connectivity index (χ0v) is 13.3. The second-order valence-electron chi connectivity index (χ2n) is 5.94. The van der Waals surface area contributed by atoms with Crippen molar-refractivity contribution in [3.8, 4) is 5.75 Å². The van der Waals surface area contributed by atoms with Gasteiger partial charge in [-0.05, 0) is 25.0 Å². The molecule has 124 valence electrons. The van der Waals surface area contributed by atoms with Crippen LogP contribution in [0.2, 0.25) is 0 Å². The minimum Gasteiger partial charge on any atom is -0.492 e. The predicted molar refractivity (Wildman–Crippen MR) is 92.5 cm³/mol. The molecule has 1 fully saturated rings. The van der Waals surface area contributed by atoms with E-state index in [2.05, 4.69) is 30.8 Å². The maximum absolute atomic E-state index is 5.82. The Morgan fingerprint density at radius 3 is 3.00 bits per heavy atom. The van der Waals surface area contributed by atoms with Crippen LogP contribution in [0.25, 0.3) is 10.9 Å². The minimum absolute atomic E-state index is 0.660. The average molecular weight is 324 g/mol. The Morgan fingerprint density at radius 2 is 2.21 bits per heavy atom. The fourth-order valence-electron chi connectivity index (χ4n) is 2.73. The second-order valence-corrected chi connectivity index (χ2v) is 5.94. The number of hydrogen-bond acceptors (Lipinski definition) is 6. The molecule has 0 amide bonds. The van der Waals surface area contributed by atoms with Crippen LogP contribution >= 0.6 is 0 Å². The van der Waals surface area contributed by atoms with Crippen LogP contribution in [0.1, 0.15) is 19.3 Å². The third-order valence-electron chi connectivity index (χ3n) is 4.28. The summed E-state index contributed by atoms with van der Waals surface area (Å²) in [6.45, 7) is 1.53. The average Bonchev–Trinajstić information content (AvgIpc) is 3.06. The van der Waals surface area contributed by atoms with E-state index in [9.17, 15) is 0 Å². The lowest BCUT2D eigenvalue weighted by Crippen LogP contribution is -2.37. The number of anilines is 2. The summed E-state index contributed by atoms with van der Waals surface area (Å²) in [5.41, 5.74) is 1.71. The summed E-state index contributed by atoms with van der Waals surface area (Å²) < 4.78 is 5.82. The highest BCUT2D eigenvalue weighted by molar-refractivity contribution is 5.91. The van der Waals surface area contributed by atoms with Crippen molar-refractivity contribution in [2.75, 3.05) is 18.5 Å². The van der Waals surface area contributed by atoms with Gasteiger partial charge in [-0.15, -0.1) is 0 Å². The summed E-state index contributed by atoms with van der Waals surface area (Å²) in [4.78, 5) is 8.65. The first-order valence-corrected chi connectivity index (χ1v) is 8.25. The van der Waals surface area contributed by atoms with E-state index in [1.807, 2.05) is 18.2 Å². The highest BCUT2D eigenvalue weighted by Crippen LogP contribution is 2.25. The van der Waals surface area contributed by atoms with Crippen molar-refractivity contribution >= 4 is 22.4 Å². The smallest absolute Gasteiger partial charge is 0.141 e. The number of hydrogen-bond donors (Lipinski definition) is 3. The first kappa shape index (κ1) is 14.9. The summed E-state index contributed by atoms with van der Waals surface area (Å²) in [5.74, 6) is 1.57. The van der Waals surface area contributed by atoms with Gasteiger partial charge >= 0.3 is 0 Å². The maximum atomic E-state index is 5.82. The van der Waals surface area contributed by atoms with E-state index in [-0.39, 0.29) is 0 Å². The summed E-state index contributed by atoms with van der Waals surface area (Å²) in [7, 11) is 0. The molecule has 1 aromatic carbocycles. The molecule has 1 aliphatic carbocycles. The van der Waals surface area contributed by atoms with Crippen LogP contribution in [0.5, 0.6) is 5.75 Å². The van der Waals surface area contributed by atoms with E-state index in [4.69, 9.17) is 4.74 Å². The molecule has 0 aliphatic heterocycles. The molecular weight excluding hydrogens is 304 g/mol. The Hall–Kier alpha value is -2.67. The van der Waals surface area contributed by atoms with Gasteiger partial charge in [-0.25, -0.2) is 9.97 Å². The number of ether oxygens (including phenoxy) is 1. The molecule has 0 radical (unpaired) electrons. The van der Waals surface area contributed by atoms with Gasteiger partial charge in [-0.1, -0.05) is 6.42 Å². The van der Waals surface area contributed by atoms with Crippen molar-refractivity contribution < 1.29 is 4.74 Å². The quantitative estimate of drug-likeness (QED) is 0.579. The normalized spacial score (nSPS) is 14.5. The summed E-state index contributed by atoms with van der Waals surface area (Å²) in [5, 5.41) is 14.4. The molecule has 1 saturated carbocycles. The van der Waals surface area contributed by atoms with E-state index < -0.39 is 0 Å². The van der Waals surface area contributed by atoms with Crippen LogP contribution in [-0.2, 0) is 0 Å². The van der Waals surface area contributed by atoms with E-state index in [0.717, 1.165) is 34.7 Å². The van der Waals surface area contributed by atoms with Gasteiger partial charge in [-0.2, -0.15) is 5.10 Å². The molecule has 2 heterocycles. The molecule has 4 rings (SSSR count). The molecule has 7 nitrogen and oxygen atoms in total. The Kier molecular flexibility index (Phi) is 4.24. The monoisotopic (exact) mass is 324 g/mol. The highest BCUT2D eigenvalue weighted by Gasteiger charge is 2.15. The summed E-state index contributed by atoms with van der Waals surface area (Å²) in [6, 6.07) is 6.57. The molecular formula is C17H20N6O. The van der Waals surface area contributed by atoms with E-state index in [1.165, 1.54) is 19.3 Å². The Bertz CT molecular complexity index is 800. The van der Waals surface area contributed by atoms with Crippen molar-refractivity contribution in [3.63, 3.8) is 0 Å². The van der Waals surface area contributed by atoms with Gasteiger partial charge in [0.1, 0.15) is 24.5 Å². The third kappa shape index (κ3) is 3.30. The van der Waals surface area contributed by atoms with Crippen LogP contribution in [0, 0.1) is 0 Å². The van der Waals surface area contributed by atoms with E-state index in [0.29, 0.717) is 12.6 Å². The molecule has 3 aromatic rings. The fraction of sp³-hybridized carbons (Fsp3) is 0.353. The third-order valence-corrected chi connectivity index (χ3v) is 4.28. The first-order valence-electron chi connectivity index (χ1n) is 8.25. The number of aromatic nitrogens is 4. The standard InChI is InChI=1S/C17H20N6O/c1-2-12(3-1)18-6-7-24-14-4-5-15-16(8-14)19-11-20-17(15)23-13-9-21-22-10-13/h4-5,8-12,18H,1-3,6-7H2,(H,21,22)(H,19,20,23). The topological polar surface area (TPSA) is 87.8 Å². The molecule has 1 aliphatic rings. The van der Waals surface area contributed by atoms with Crippen molar-refractivity contribution in [1.29, 1.82) is 0 Å². The lowest BCUT2D eigenvalue weighted by atomic mass is 9.93. The zero-order chi connectivity index (χ0) is 16.2. The van der Waals surface area contributed by atoms with Crippen LogP contribution in [0.15, 0.2) is 36.9 Å². The summed E-state index contributed by atoms with van der Waals surface area (Å²) in [6.07, 6.45) is 8.96. The number of fused-ring (bicyclic) bond motifs is 1. The van der Waals surface area contributed by atoms with Gasteiger partial charge in [0.25, 0.3) is 0 Å². The number of H-pyrrole nitrogens is 1. The van der Waals surface area contributed by atoms with Crippen LogP contribution < -0.4 is 15.4 Å². The Morgan fingerprint density at radius 1 is 1.25 bits per heavy atom. The van der Waals surface area contributed by atoms with Gasteiger partial charge in [-0.3, -0.25) is 5.10 Å². The molecule has 0 atom stereocenters. The number of benzene rings is 1. The van der Waals surface area contributed by atoms with Gasteiger partial charge < -0.3 is 15.4 Å². The molecule has 3 N–H and O–H groups in total. The number of aromatic amines is 1. The minimum atomic E-state index is 0.660. The van der Waals surface area contributed by atoms with Crippen molar-refractivity contribution in [2.24, 2.45) is 0 Å². The SMILES string of the molecule is c1nc(Nc2cn[nH]c2)c2ccc(OCCNC3CCC3)cc2n1. The Balaban J connectivity index is 1.42. The van der Waals surface area contributed by atoms with E-state index in [1.54, 1.807) is 18.7 Å². The highest BCUT2D eigenvalue weighted by atomic mass is 16.5. The number of rotatable bonds is 7. The lowest BCUT2D eigenvalue weighted by Gasteiger charge is -2.26. The van der Waals surface area contributed by atoms with Crippen LogP contribution in [0.4, 0.5) is 11.5 Å². The second kappa shape index (κ2) is 6.84. The van der Waals surface area contributed by atoms with Gasteiger partial charge in [0.05, 0.1) is 17.4 Å². The van der Waals surface area contributed by atoms with Gasteiger partial charge in [0.2, 0.25) is 0 Å². The maximum Gasteiger partial charge on any atom is 0.141 e. The predicted octanol–water partition coefficient (Wildman–Crippen LogP) is 2.62. The van der Waals surface area contributed by atoms with Crippen LogP contribution in [-0.4, -0.2) is 39.4 Å². The molecule has 0 saturated heterocycles.